The van der Waals surface area contributed by atoms with Gasteiger partial charge >= 0.3 is 0 Å². The van der Waals surface area contributed by atoms with Crippen LogP contribution in [0.25, 0.3) is 0 Å². The molecule has 0 aromatic rings. The van der Waals surface area contributed by atoms with Gasteiger partial charge in [-0.2, -0.15) is 5.26 Å². The Balaban J connectivity index is 2.64. The third-order valence-corrected chi connectivity index (χ3v) is 3.85. The molecule has 0 aromatic carbocycles. The fourth-order valence-corrected chi connectivity index (χ4v) is 3.27. The van der Waals surface area contributed by atoms with Gasteiger partial charge in [-0.25, -0.2) is 0 Å². The highest BCUT2D eigenvalue weighted by atomic mass is 28.4. The Morgan fingerprint density at radius 3 is 2.53 bits per heavy atom. The van der Waals surface area contributed by atoms with Crippen LogP contribution in [-0.4, -0.2) is 14.4 Å². The highest BCUT2D eigenvalue weighted by Gasteiger charge is 2.33. The predicted octanol–water partition coefficient (Wildman–Crippen LogP) is 3.33. The highest BCUT2D eigenvalue weighted by molar-refractivity contribution is 6.69. The molecule has 1 fully saturated rings. The zero-order valence-electron chi connectivity index (χ0n) is 9.99. The van der Waals surface area contributed by atoms with E-state index in [2.05, 4.69) is 32.3 Å². The van der Waals surface area contributed by atoms with Crippen LogP contribution in [0.5, 0.6) is 0 Å². The van der Waals surface area contributed by atoms with Gasteiger partial charge in [0.2, 0.25) is 0 Å². The molecule has 1 aliphatic carbocycles. The summed E-state index contributed by atoms with van der Waals surface area (Å²) < 4.78 is 6.08. The van der Waals surface area contributed by atoms with Crippen molar-refractivity contribution in [1.29, 1.82) is 5.26 Å². The van der Waals surface area contributed by atoms with Gasteiger partial charge in [0.05, 0.1) is 18.1 Å². The second-order valence-electron chi connectivity index (χ2n) is 5.31. The normalized spacial score (nSPS) is 32.0. The molecule has 0 spiro atoms. The van der Waals surface area contributed by atoms with Crippen molar-refractivity contribution >= 4 is 8.32 Å². The number of hydrogen-bond donors (Lipinski definition) is 0. The summed E-state index contributed by atoms with van der Waals surface area (Å²) in [4.78, 5) is 0. The fraction of sp³-hybridized carbons (Fsp3) is 0.750. The van der Waals surface area contributed by atoms with E-state index in [1.54, 1.807) is 0 Å². The van der Waals surface area contributed by atoms with Gasteiger partial charge in [-0.1, -0.05) is 6.08 Å². The lowest BCUT2D eigenvalue weighted by Crippen LogP contribution is -2.39. The van der Waals surface area contributed by atoms with E-state index in [9.17, 15) is 0 Å². The fourth-order valence-electron chi connectivity index (χ4n) is 2.11. The Bertz CT molecular complexity index is 264. The molecule has 1 aliphatic rings. The molecular formula is C12H21NOSi. The van der Waals surface area contributed by atoms with Gasteiger partial charge in [0.25, 0.3) is 0 Å². The van der Waals surface area contributed by atoms with E-state index >= 15 is 0 Å². The minimum absolute atomic E-state index is 0.0907. The Morgan fingerprint density at radius 2 is 2.07 bits per heavy atom. The summed E-state index contributed by atoms with van der Waals surface area (Å²) in [5.41, 5.74) is 0. The van der Waals surface area contributed by atoms with Crippen molar-refractivity contribution in [2.24, 2.45) is 11.8 Å². The zero-order chi connectivity index (χ0) is 11.5. The van der Waals surface area contributed by atoms with E-state index in [1.807, 2.05) is 6.08 Å². The van der Waals surface area contributed by atoms with Gasteiger partial charge in [-0.3, -0.25) is 0 Å². The van der Waals surface area contributed by atoms with Crippen LogP contribution in [0, 0.1) is 23.2 Å². The Kier molecular flexibility index (Phi) is 4.12. The lowest BCUT2D eigenvalue weighted by molar-refractivity contribution is 0.0961. The maximum atomic E-state index is 9.08. The van der Waals surface area contributed by atoms with E-state index in [1.165, 1.54) is 0 Å². The van der Waals surface area contributed by atoms with Gasteiger partial charge < -0.3 is 4.43 Å². The second kappa shape index (κ2) is 4.96. The smallest absolute Gasteiger partial charge is 0.184 e. The first-order chi connectivity index (χ1) is 6.96. The molecule has 1 saturated carbocycles. The van der Waals surface area contributed by atoms with Crippen LogP contribution in [0.4, 0.5) is 0 Å². The molecule has 84 valence electrons. The molecule has 0 aliphatic heterocycles. The lowest BCUT2D eigenvalue weighted by atomic mass is 9.81. The van der Waals surface area contributed by atoms with E-state index in [0.717, 1.165) is 19.3 Å². The minimum Gasteiger partial charge on any atom is -0.413 e. The molecule has 0 aromatic heterocycles. The Morgan fingerprint density at radius 1 is 1.40 bits per heavy atom. The largest absolute Gasteiger partial charge is 0.413 e. The van der Waals surface area contributed by atoms with Gasteiger partial charge in [0.1, 0.15) is 0 Å². The molecule has 1 rings (SSSR count). The predicted molar refractivity (Wildman–Crippen MR) is 64.9 cm³/mol. The first-order valence-corrected chi connectivity index (χ1v) is 9.07. The number of nitriles is 1. The van der Waals surface area contributed by atoms with Crippen molar-refractivity contribution < 1.29 is 4.43 Å². The average Bonchev–Trinajstić information content (AvgIpc) is 2.15. The van der Waals surface area contributed by atoms with Crippen molar-refractivity contribution in [3.05, 3.63) is 12.7 Å². The topological polar surface area (TPSA) is 33.0 Å². The number of nitrogens with zero attached hydrogens (tertiary/aromatic N) is 1. The Hall–Kier alpha value is -0.593. The first-order valence-electron chi connectivity index (χ1n) is 5.66. The van der Waals surface area contributed by atoms with E-state index in [0.29, 0.717) is 5.92 Å². The van der Waals surface area contributed by atoms with Crippen LogP contribution >= 0.6 is 0 Å². The van der Waals surface area contributed by atoms with Gasteiger partial charge in [0.15, 0.2) is 8.32 Å². The van der Waals surface area contributed by atoms with Gasteiger partial charge in [-0.15, -0.1) is 6.58 Å². The molecule has 1 unspecified atom stereocenters. The van der Waals surface area contributed by atoms with Crippen molar-refractivity contribution in [2.45, 2.75) is 45.0 Å². The molecule has 0 heterocycles. The molecule has 0 bridgehead atoms. The van der Waals surface area contributed by atoms with Gasteiger partial charge in [0, 0.05) is 0 Å². The molecule has 0 amide bonds. The molecule has 3 heteroatoms. The van der Waals surface area contributed by atoms with Crippen molar-refractivity contribution in [3.63, 3.8) is 0 Å². The quantitative estimate of drug-likeness (QED) is 0.543. The van der Waals surface area contributed by atoms with Crippen LogP contribution in [0.15, 0.2) is 12.7 Å². The van der Waals surface area contributed by atoms with E-state index < -0.39 is 8.32 Å². The summed E-state index contributed by atoms with van der Waals surface area (Å²) in [6.45, 7) is 10.4. The summed E-state index contributed by atoms with van der Waals surface area (Å²) in [5, 5.41) is 9.08. The first kappa shape index (κ1) is 12.5. The Labute approximate surface area is 94.1 Å². The van der Waals surface area contributed by atoms with Crippen LogP contribution in [0.1, 0.15) is 19.3 Å². The van der Waals surface area contributed by atoms with Crippen LogP contribution in [-0.2, 0) is 4.43 Å². The van der Waals surface area contributed by atoms with Crippen LogP contribution in [0.3, 0.4) is 0 Å². The minimum atomic E-state index is -1.53. The zero-order valence-corrected chi connectivity index (χ0v) is 11.0. The molecule has 15 heavy (non-hydrogen) atoms. The molecule has 0 radical (unpaired) electrons. The van der Waals surface area contributed by atoms with E-state index in [4.69, 9.17) is 9.69 Å². The maximum Gasteiger partial charge on any atom is 0.184 e. The van der Waals surface area contributed by atoms with Crippen LogP contribution in [0.2, 0.25) is 19.6 Å². The standard InChI is InChI=1S/C12H21NOSi/c1-5-10-6-7-11(9-13)12(8-10)14-15(2,3)4/h5,10-12H,1,6-8H2,2-4H3/t10?,11-,12+/m1/s1. The van der Waals surface area contributed by atoms with Crippen molar-refractivity contribution in [3.8, 4) is 6.07 Å². The highest BCUT2D eigenvalue weighted by Crippen LogP contribution is 2.32. The SMILES string of the molecule is C=CC1CC[C@H](C#N)[C@@H](O[Si](C)(C)C)C1. The summed E-state index contributed by atoms with van der Waals surface area (Å²) in [5.74, 6) is 0.629. The third kappa shape index (κ3) is 3.81. The molecule has 2 nitrogen and oxygen atoms in total. The monoisotopic (exact) mass is 223 g/mol. The number of allylic oxidation sites excluding steroid dienone is 1. The molecular weight excluding hydrogens is 202 g/mol. The summed E-state index contributed by atoms with van der Waals surface area (Å²) in [6.07, 6.45) is 5.17. The van der Waals surface area contributed by atoms with Crippen molar-refractivity contribution in [1.82, 2.24) is 0 Å². The van der Waals surface area contributed by atoms with Crippen molar-refractivity contribution in [2.75, 3.05) is 0 Å². The molecule has 0 N–H and O–H groups in total. The number of hydrogen-bond acceptors (Lipinski definition) is 2. The summed E-state index contributed by atoms with van der Waals surface area (Å²) >= 11 is 0. The molecule has 3 atom stereocenters. The third-order valence-electron chi connectivity index (χ3n) is 2.84. The summed E-state index contributed by atoms with van der Waals surface area (Å²) in [6, 6.07) is 2.38. The van der Waals surface area contributed by atoms with Crippen LogP contribution < -0.4 is 0 Å². The van der Waals surface area contributed by atoms with E-state index in [-0.39, 0.29) is 12.0 Å². The van der Waals surface area contributed by atoms with Gasteiger partial charge in [-0.05, 0) is 44.8 Å². The maximum absolute atomic E-state index is 9.08. The summed E-state index contributed by atoms with van der Waals surface area (Å²) in [7, 11) is -1.53. The molecule has 0 saturated heterocycles. The second-order valence-corrected chi connectivity index (χ2v) is 9.77. The lowest BCUT2D eigenvalue weighted by Gasteiger charge is -2.35. The average molecular weight is 223 g/mol. The number of rotatable bonds is 3.